The maximum atomic E-state index is 13.1. The average Bonchev–Trinajstić information content (AvgIpc) is 2.57. The number of ketones is 1. The monoisotopic (exact) mass is 309 g/mol. The highest BCUT2D eigenvalue weighted by Crippen LogP contribution is 2.40. The molecule has 0 aliphatic carbocycles. The summed E-state index contributed by atoms with van der Waals surface area (Å²) in [5.41, 5.74) is -0.789. The Balaban J connectivity index is 2.30. The highest BCUT2D eigenvalue weighted by atomic mass is 16.6. The van der Waals surface area contributed by atoms with Crippen LogP contribution in [-0.4, -0.2) is 24.7 Å². The van der Waals surface area contributed by atoms with E-state index in [1.807, 2.05) is 0 Å². The van der Waals surface area contributed by atoms with Gasteiger partial charge in [0.1, 0.15) is 0 Å². The van der Waals surface area contributed by atoms with E-state index in [4.69, 9.17) is 4.74 Å². The zero-order valence-electron chi connectivity index (χ0n) is 12.8. The molecule has 2 aromatic carbocycles. The molecule has 0 saturated carbocycles. The standard InChI is InChI=1S/C18H15NO4/c1-12(20)23-18(13-8-4-3-5-9-13)16(21)14-10-6-7-11-15(14)19(2)17(18)22/h3-11H,1-2H3/t18-/m1/s1. The molecule has 1 aliphatic rings. The predicted octanol–water partition coefficient (Wildman–Crippen LogP) is 2.30. The normalized spacial score (nSPS) is 20.2. The molecule has 116 valence electrons. The van der Waals surface area contributed by atoms with Gasteiger partial charge in [0.05, 0.1) is 5.69 Å². The van der Waals surface area contributed by atoms with E-state index in [0.29, 0.717) is 16.8 Å². The lowest BCUT2D eigenvalue weighted by molar-refractivity contribution is -0.161. The number of esters is 1. The fourth-order valence-electron chi connectivity index (χ4n) is 2.88. The summed E-state index contributed by atoms with van der Waals surface area (Å²) >= 11 is 0. The van der Waals surface area contributed by atoms with Crippen molar-refractivity contribution in [1.82, 2.24) is 0 Å². The van der Waals surface area contributed by atoms with Gasteiger partial charge in [-0.2, -0.15) is 0 Å². The number of rotatable bonds is 2. The maximum Gasteiger partial charge on any atom is 0.304 e. The highest BCUT2D eigenvalue weighted by Gasteiger charge is 2.56. The third-order valence-corrected chi connectivity index (χ3v) is 3.91. The number of likely N-dealkylation sites (N-methyl/N-ethyl adjacent to an activating group) is 1. The van der Waals surface area contributed by atoms with Gasteiger partial charge in [0.25, 0.3) is 11.5 Å². The summed E-state index contributed by atoms with van der Waals surface area (Å²) in [6.07, 6.45) is 0. The van der Waals surface area contributed by atoms with Crippen LogP contribution in [0.3, 0.4) is 0 Å². The van der Waals surface area contributed by atoms with E-state index >= 15 is 0 Å². The molecule has 0 spiro atoms. The third-order valence-electron chi connectivity index (χ3n) is 3.91. The minimum Gasteiger partial charge on any atom is -0.435 e. The van der Waals surface area contributed by atoms with E-state index in [-0.39, 0.29) is 0 Å². The third kappa shape index (κ3) is 2.12. The van der Waals surface area contributed by atoms with Gasteiger partial charge in [0.2, 0.25) is 5.78 Å². The number of para-hydroxylation sites is 1. The largest absolute Gasteiger partial charge is 0.435 e. The first kappa shape index (κ1) is 15.0. The van der Waals surface area contributed by atoms with Crippen LogP contribution < -0.4 is 4.90 Å². The highest BCUT2D eigenvalue weighted by molar-refractivity contribution is 6.27. The Morgan fingerprint density at radius 2 is 1.61 bits per heavy atom. The molecule has 3 rings (SSSR count). The number of carbonyl (C=O) groups is 3. The molecule has 0 unspecified atom stereocenters. The van der Waals surface area contributed by atoms with Gasteiger partial charge in [-0.25, -0.2) is 0 Å². The molecule has 1 amide bonds. The molecule has 5 heteroatoms. The van der Waals surface area contributed by atoms with Crippen LogP contribution in [0.4, 0.5) is 5.69 Å². The van der Waals surface area contributed by atoms with Crippen molar-refractivity contribution in [1.29, 1.82) is 0 Å². The first-order valence-corrected chi connectivity index (χ1v) is 7.15. The number of amides is 1. The summed E-state index contributed by atoms with van der Waals surface area (Å²) in [7, 11) is 1.56. The summed E-state index contributed by atoms with van der Waals surface area (Å²) in [6.45, 7) is 1.19. The lowest BCUT2D eigenvalue weighted by Gasteiger charge is -2.39. The fraction of sp³-hybridized carbons (Fsp3) is 0.167. The second kappa shape index (κ2) is 5.35. The summed E-state index contributed by atoms with van der Waals surface area (Å²) in [4.78, 5) is 39.1. The first-order chi connectivity index (χ1) is 11.0. The van der Waals surface area contributed by atoms with Gasteiger partial charge in [-0.15, -0.1) is 0 Å². The van der Waals surface area contributed by atoms with Crippen LogP contribution in [0.2, 0.25) is 0 Å². The molecular formula is C18H15NO4. The van der Waals surface area contributed by atoms with Crippen LogP contribution in [-0.2, 0) is 19.9 Å². The smallest absolute Gasteiger partial charge is 0.304 e. The number of hydrogen-bond acceptors (Lipinski definition) is 4. The number of Topliss-reactive ketones (excluding diaryl/α,β-unsaturated/α-hetero) is 1. The predicted molar refractivity (Wildman–Crippen MR) is 84.1 cm³/mol. The molecule has 0 bridgehead atoms. The zero-order chi connectivity index (χ0) is 16.6. The van der Waals surface area contributed by atoms with E-state index in [0.717, 1.165) is 0 Å². The van der Waals surface area contributed by atoms with E-state index < -0.39 is 23.3 Å². The van der Waals surface area contributed by atoms with Gasteiger partial charge in [-0.1, -0.05) is 42.5 Å². The molecule has 0 fully saturated rings. The molecule has 5 nitrogen and oxygen atoms in total. The number of anilines is 1. The van der Waals surface area contributed by atoms with Crippen molar-refractivity contribution in [3.63, 3.8) is 0 Å². The van der Waals surface area contributed by atoms with Gasteiger partial charge in [0.15, 0.2) is 0 Å². The summed E-state index contributed by atoms with van der Waals surface area (Å²) < 4.78 is 5.34. The summed E-state index contributed by atoms with van der Waals surface area (Å²) in [5, 5.41) is 0. The van der Waals surface area contributed by atoms with Gasteiger partial charge in [-0.3, -0.25) is 14.4 Å². The van der Waals surface area contributed by atoms with Crippen molar-refractivity contribution >= 4 is 23.3 Å². The Labute approximate surface area is 133 Å². The van der Waals surface area contributed by atoms with Crippen molar-refractivity contribution in [2.24, 2.45) is 0 Å². The van der Waals surface area contributed by atoms with Crippen LogP contribution in [0.1, 0.15) is 22.8 Å². The van der Waals surface area contributed by atoms with Crippen LogP contribution in [0.25, 0.3) is 0 Å². The Bertz CT molecular complexity index is 800. The lowest BCUT2D eigenvalue weighted by Crippen LogP contribution is -2.57. The zero-order valence-corrected chi connectivity index (χ0v) is 12.8. The molecule has 0 saturated heterocycles. The number of hydrogen-bond donors (Lipinski definition) is 0. The number of nitrogens with zero attached hydrogens (tertiary/aromatic N) is 1. The number of ether oxygens (including phenoxy) is 1. The van der Waals surface area contributed by atoms with Crippen LogP contribution >= 0.6 is 0 Å². The van der Waals surface area contributed by atoms with Crippen molar-refractivity contribution in [3.05, 3.63) is 65.7 Å². The van der Waals surface area contributed by atoms with Crippen LogP contribution in [0.15, 0.2) is 54.6 Å². The molecule has 0 radical (unpaired) electrons. The van der Waals surface area contributed by atoms with E-state index in [2.05, 4.69) is 0 Å². The van der Waals surface area contributed by atoms with Crippen molar-refractivity contribution in [3.8, 4) is 0 Å². The minimum atomic E-state index is -1.98. The van der Waals surface area contributed by atoms with Crippen LogP contribution in [0.5, 0.6) is 0 Å². The Morgan fingerprint density at radius 1 is 1.00 bits per heavy atom. The summed E-state index contributed by atoms with van der Waals surface area (Å²) in [6, 6.07) is 15.2. The molecule has 1 aliphatic heterocycles. The molecule has 0 aromatic heterocycles. The van der Waals surface area contributed by atoms with Gasteiger partial charge >= 0.3 is 5.97 Å². The molecule has 1 atom stereocenters. The maximum absolute atomic E-state index is 13.1. The number of benzene rings is 2. The Kier molecular flexibility index (Phi) is 3.48. The van der Waals surface area contributed by atoms with E-state index in [1.54, 1.807) is 61.6 Å². The minimum absolute atomic E-state index is 0.339. The van der Waals surface area contributed by atoms with Crippen molar-refractivity contribution < 1.29 is 19.1 Å². The van der Waals surface area contributed by atoms with Crippen molar-refractivity contribution in [2.75, 3.05) is 11.9 Å². The van der Waals surface area contributed by atoms with Crippen molar-refractivity contribution in [2.45, 2.75) is 12.5 Å². The average molecular weight is 309 g/mol. The first-order valence-electron chi connectivity index (χ1n) is 7.15. The molecule has 23 heavy (non-hydrogen) atoms. The van der Waals surface area contributed by atoms with E-state index in [1.165, 1.54) is 11.8 Å². The molecular weight excluding hydrogens is 294 g/mol. The second-order valence-electron chi connectivity index (χ2n) is 5.35. The quantitative estimate of drug-likeness (QED) is 0.631. The Hall–Kier alpha value is -2.95. The summed E-state index contributed by atoms with van der Waals surface area (Å²) in [5.74, 6) is -1.80. The molecule has 1 heterocycles. The molecule has 0 N–H and O–H groups in total. The number of fused-ring (bicyclic) bond motifs is 1. The van der Waals surface area contributed by atoms with Gasteiger partial charge in [-0.05, 0) is 12.1 Å². The SMILES string of the molecule is CC(=O)O[C@]1(c2ccccc2)C(=O)c2ccccc2N(C)C1=O. The van der Waals surface area contributed by atoms with Gasteiger partial charge < -0.3 is 9.64 Å². The number of carbonyl (C=O) groups excluding carboxylic acids is 3. The van der Waals surface area contributed by atoms with Gasteiger partial charge in [0, 0.05) is 25.1 Å². The molecule has 2 aromatic rings. The van der Waals surface area contributed by atoms with E-state index in [9.17, 15) is 14.4 Å². The fourth-order valence-corrected chi connectivity index (χ4v) is 2.88. The van der Waals surface area contributed by atoms with Crippen LogP contribution in [0, 0.1) is 0 Å². The topological polar surface area (TPSA) is 63.7 Å². The lowest BCUT2D eigenvalue weighted by atomic mass is 9.80. The Morgan fingerprint density at radius 3 is 2.26 bits per heavy atom. The second-order valence-corrected chi connectivity index (χ2v) is 5.35.